The lowest BCUT2D eigenvalue weighted by Gasteiger charge is -2.47. The molecular weight excluding hydrogens is 791 g/mol. The third-order valence-corrected chi connectivity index (χ3v) is 12.7. The summed E-state index contributed by atoms with van der Waals surface area (Å²) in [5.74, 6) is 1.72. The van der Waals surface area contributed by atoms with Gasteiger partial charge in [0.15, 0.2) is 0 Å². The van der Waals surface area contributed by atoms with Gasteiger partial charge in [-0.15, -0.1) is 0 Å². The van der Waals surface area contributed by atoms with Crippen LogP contribution in [0.25, 0.3) is 21.9 Å². The zero-order chi connectivity index (χ0) is 43.3. The van der Waals surface area contributed by atoms with Gasteiger partial charge in [0.2, 0.25) is 0 Å². The third kappa shape index (κ3) is 9.12. The van der Waals surface area contributed by atoms with E-state index in [1.807, 2.05) is 43.4 Å². The van der Waals surface area contributed by atoms with Crippen LogP contribution < -0.4 is 24.3 Å². The Morgan fingerprint density at radius 2 is 1.63 bits per heavy atom. The van der Waals surface area contributed by atoms with Crippen molar-refractivity contribution in [2.75, 3.05) is 47.6 Å². The summed E-state index contributed by atoms with van der Waals surface area (Å²) in [6.07, 6.45) is 3.60. The molecule has 1 saturated carbocycles. The first-order chi connectivity index (χ1) is 30.2. The van der Waals surface area contributed by atoms with Gasteiger partial charge in [-0.1, -0.05) is 18.2 Å². The van der Waals surface area contributed by atoms with Crippen molar-refractivity contribution >= 4 is 10.8 Å². The highest BCUT2D eigenvalue weighted by molar-refractivity contribution is 5.96. The van der Waals surface area contributed by atoms with E-state index in [1.165, 1.54) is 0 Å². The van der Waals surface area contributed by atoms with E-state index in [9.17, 15) is 25.5 Å². The van der Waals surface area contributed by atoms with Crippen molar-refractivity contribution in [1.29, 1.82) is 0 Å². The predicted molar refractivity (Wildman–Crippen MR) is 236 cm³/mol. The molecule has 12 heteroatoms. The standard InChI is InChI=1S/C50H59NO11/c1-51-27-36(17-18-52)61-50-42-26-45(58-3)40-24-34(55)14-16-39(40)49(42)62-44(12-7-19-57-2)46(50)43-28-59-48-31(23-37(25-41(48)47(43)56)60-35-10-4-5-11-35)20-30-22-33(54)13-15-38(30)29-8-6-9-32(53)21-29/h6,8-9,13-16,21-26,35-36,43-44,46-47,50-56H,4-5,7,10-12,17-20,27-28H2,1-3H3/t36-,43+,44-,46+,47+,50-/m0/s1. The molecule has 0 radical (unpaired) electrons. The minimum absolute atomic E-state index is 0.0514. The van der Waals surface area contributed by atoms with Gasteiger partial charge in [0, 0.05) is 72.6 Å². The van der Waals surface area contributed by atoms with Crippen molar-refractivity contribution in [2.24, 2.45) is 11.8 Å². The molecule has 1 aliphatic carbocycles. The lowest BCUT2D eigenvalue weighted by Crippen LogP contribution is -2.48. The van der Waals surface area contributed by atoms with Crippen LogP contribution in [0.3, 0.4) is 0 Å². The van der Waals surface area contributed by atoms with E-state index < -0.39 is 30.1 Å². The van der Waals surface area contributed by atoms with Gasteiger partial charge < -0.3 is 59.3 Å². The molecule has 6 atom stereocenters. The van der Waals surface area contributed by atoms with Crippen molar-refractivity contribution < 1.29 is 54.0 Å². The smallest absolute Gasteiger partial charge is 0.133 e. The second-order valence-electron chi connectivity index (χ2n) is 16.9. The molecule has 12 nitrogen and oxygen atoms in total. The maximum atomic E-state index is 12.9. The van der Waals surface area contributed by atoms with Crippen LogP contribution in [0.4, 0.5) is 0 Å². The van der Waals surface area contributed by atoms with E-state index in [4.69, 9.17) is 28.4 Å². The average Bonchev–Trinajstić information content (AvgIpc) is 3.77. The molecule has 0 spiro atoms. The number of aliphatic hydroxyl groups excluding tert-OH is 2. The highest BCUT2D eigenvalue weighted by Crippen LogP contribution is 2.55. The van der Waals surface area contributed by atoms with Crippen molar-refractivity contribution in [2.45, 2.75) is 81.9 Å². The molecule has 0 saturated heterocycles. The van der Waals surface area contributed by atoms with Crippen molar-refractivity contribution in [1.82, 2.24) is 5.32 Å². The first kappa shape index (κ1) is 43.4. The molecule has 1 fully saturated rings. The van der Waals surface area contributed by atoms with Gasteiger partial charge in [-0.3, -0.25) is 0 Å². The molecule has 0 bridgehead atoms. The Hall–Kier alpha value is -5.24. The normalized spacial score (nSPS) is 21.5. The number of fused-ring (bicyclic) bond motifs is 4. The van der Waals surface area contributed by atoms with Gasteiger partial charge in [-0.05, 0) is 129 Å². The van der Waals surface area contributed by atoms with E-state index in [-0.39, 0.29) is 42.7 Å². The minimum atomic E-state index is -1.04. The average molecular weight is 850 g/mol. The van der Waals surface area contributed by atoms with Crippen LogP contribution in [-0.4, -0.2) is 91.5 Å². The maximum Gasteiger partial charge on any atom is 0.133 e. The molecule has 2 heterocycles. The van der Waals surface area contributed by atoms with Gasteiger partial charge in [-0.2, -0.15) is 0 Å². The monoisotopic (exact) mass is 849 g/mol. The van der Waals surface area contributed by atoms with Crippen LogP contribution in [-0.2, 0) is 15.9 Å². The number of aliphatic hydroxyl groups is 2. The quantitative estimate of drug-likeness (QED) is 0.0498. The zero-order valence-electron chi connectivity index (χ0n) is 35.7. The molecule has 0 aromatic heterocycles. The number of methoxy groups -OCH3 is 2. The van der Waals surface area contributed by atoms with E-state index in [0.29, 0.717) is 72.8 Å². The second-order valence-corrected chi connectivity index (χ2v) is 16.9. The van der Waals surface area contributed by atoms with Crippen LogP contribution in [0, 0.1) is 11.8 Å². The van der Waals surface area contributed by atoms with Crippen LogP contribution in [0.2, 0.25) is 0 Å². The molecule has 0 amide bonds. The number of aromatic hydroxyl groups is 3. The lowest BCUT2D eigenvalue weighted by atomic mass is 9.72. The second kappa shape index (κ2) is 19.4. The van der Waals surface area contributed by atoms with Gasteiger partial charge in [0.05, 0.1) is 38.1 Å². The van der Waals surface area contributed by atoms with E-state index in [0.717, 1.165) is 58.9 Å². The molecule has 0 unspecified atom stereocenters. The molecule has 6 N–H and O–H groups in total. The lowest BCUT2D eigenvalue weighted by molar-refractivity contribution is -0.135. The highest BCUT2D eigenvalue weighted by Gasteiger charge is 2.50. The summed E-state index contributed by atoms with van der Waals surface area (Å²) in [7, 11) is 5.11. The summed E-state index contributed by atoms with van der Waals surface area (Å²) in [6, 6.07) is 23.2. The van der Waals surface area contributed by atoms with Gasteiger partial charge >= 0.3 is 0 Å². The summed E-state index contributed by atoms with van der Waals surface area (Å²) in [5, 5.41) is 59.4. The van der Waals surface area contributed by atoms with Gasteiger partial charge in [0.25, 0.3) is 0 Å². The largest absolute Gasteiger partial charge is 0.508 e. The highest BCUT2D eigenvalue weighted by atomic mass is 16.5. The first-order valence-corrected chi connectivity index (χ1v) is 21.8. The maximum absolute atomic E-state index is 12.9. The van der Waals surface area contributed by atoms with Gasteiger partial charge in [-0.25, -0.2) is 0 Å². The van der Waals surface area contributed by atoms with Crippen LogP contribution in [0.15, 0.2) is 78.9 Å². The summed E-state index contributed by atoms with van der Waals surface area (Å²) < 4.78 is 39.2. The fourth-order valence-corrected chi connectivity index (χ4v) is 9.85. The number of phenolic OH excluding ortho intramolecular Hbond substituents is 3. The molecule has 2 aliphatic heterocycles. The Bertz CT molecular complexity index is 2320. The summed E-state index contributed by atoms with van der Waals surface area (Å²) >= 11 is 0. The van der Waals surface area contributed by atoms with Crippen LogP contribution in [0.1, 0.15) is 79.4 Å². The molecule has 330 valence electrons. The molecular formula is C50H59NO11. The summed E-state index contributed by atoms with van der Waals surface area (Å²) in [5.41, 5.74) is 4.60. The summed E-state index contributed by atoms with van der Waals surface area (Å²) in [4.78, 5) is 0. The Kier molecular flexibility index (Phi) is 13.6. The fourth-order valence-electron chi connectivity index (χ4n) is 9.85. The number of likely N-dealkylation sites (N-methyl/N-ethyl adjacent to an activating group) is 1. The SMILES string of the molecule is CNC[C@H](CCO)O[C@H]1c2cc(OC)c3cc(O)ccc3c2O[C@@H](CCCOC)[C@H]1[C@H]1COc2c(Cc3cc(O)ccc3-c3cccc(O)c3)cc(OC3CCCC3)cc2[C@H]1O. The van der Waals surface area contributed by atoms with E-state index in [1.54, 1.807) is 56.7 Å². The summed E-state index contributed by atoms with van der Waals surface area (Å²) in [6.45, 7) is 1.05. The number of rotatable bonds is 17. The van der Waals surface area contributed by atoms with E-state index >= 15 is 0 Å². The van der Waals surface area contributed by atoms with Crippen molar-refractivity contribution in [3.63, 3.8) is 0 Å². The molecule has 8 rings (SSSR count). The fraction of sp³-hybridized carbons (Fsp3) is 0.440. The third-order valence-electron chi connectivity index (χ3n) is 12.7. The Labute approximate surface area is 362 Å². The first-order valence-electron chi connectivity index (χ1n) is 21.8. The number of hydrogen-bond acceptors (Lipinski definition) is 12. The minimum Gasteiger partial charge on any atom is -0.508 e. The molecule has 62 heavy (non-hydrogen) atoms. The number of nitrogens with one attached hydrogen (secondary N) is 1. The topological polar surface area (TPSA) is 169 Å². The van der Waals surface area contributed by atoms with Crippen molar-refractivity contribution in [3.05, 3.63) is 101 Å². The Balaban J connectivity index is 1.25. The molecule has 3 aliphatic rings. The predicted octanol–water partition coefficient (Wildman–Crippen LogP) is 8.12. The Morgan fingerprint density at radius 3 is 2.39 bits per heavy atom. The van der Waals surface area contributed by atoms with E-state index in [2.05, 4.69) is 5.32 Å². The molecule has 5 aromatic carbocycles. The molecule has 5 aromatic rings. The zero-order valence-corrected chi connectivity index (χ0v) is 35.7. The number of phenols is 3. The number of hydrogen-bond donors (Lipinski definition) is 6. The number of ether oxygens (including phenoxy) is 6. The van der Waals surface area contributed by atoms with Gasteiger partial charge in [0.1, 0.15) is 46.4 Å². The van der Waals surface area contributed by atoms with Crippen LogP contribution in [0.5, 0.6) is 40.2 Å². The van der Waals surface area contributed by atoms with Crippen molar-refractivity contribution in [3.8, 4) is 51.4 Å². The Morgan fingerprint density at radius 1 is 0.839 bits per heavy atom. The van der Waals surface area contributed by atoms with Crippen LogP contribution >= 0.6 is 0 Å². The number of benzene rings is 5.